The summed E-state index contributed by atoms with van der Waals surface area (Å²) < 4.78 is 0. The van der Waals surface area contributed by atoms with Crippen molar-refractivity contribution in [3.05, 3.63) is 34.9 Å². The fourth-order valence-corrected chi connectivity index (χ4v) is 4.33. The quantitative estimate of drug-likeness (QED) is 0.908. The first-order valence-electron chi connectivity index (χ1n) is 8.53. The highest BCUT2D eigenvalue weighted by atomic mass is 16.1. The summed E-state index contributed by atoms with van der Waals surface area (Å²) in [5.41, 5.74) is 3.53. The van der Waals surface area contributed by atoms with Gasteiger partial charge < -0.3 is 5.32 Å². The van der Waals surface area contributed by atoms with Gasteiger partial charge in [-0.2, -0.15) is 5.26 Å². The molecule has 1 N–H and O–H groups in total. The van der Waals surface area contributed by atoms with Gasteiger partial charge in [-0.25, -0.2) is 0 Å². The molecule has 1 aromatic carbocycles. The van der Waals surface area contributed by atoms with Gasteiger partial charge in [0.05, 0.1) is 24.6 Å². The van der Waals surface area contributed by atoms with Gasteiger partial charge in [-0.1, -0.05) is 18.2 Å². The first-order chi connectivity index (χ1) is 11.2. The fourth-order valence-electron chi connectivity index (χ4n) is 4.33. The Morgan fingerprint density at radius 2 is 2.35 bits per heavy atom. The Morgan fingerprint density at radius 3 is 3.09 bits per heavy atom. The zero-order chi connectivity index (χ0) is 15.8. The van der Waals surface area contributed by atoms with Crippen LogP contribution in [0.1, 0.15) is 42.4 Å². The second-order valence-electron chi connectivity index (χ2n) is 7.12. The number of carbonyl (C=O) groups excluding carboxylic acids is 1. The van der Waals surface area contributed by atoms with E-state index in [9.17, 15) is 10.1 Å². The molecule has 0 aromatic heterocycles. The molecule has 4 heteroatoms. The van der Waals surface area contributed by atoms with Crippen molar-refractivity contribution >= 4 is 12.0 Å². The summed E-state index contributed by atoms with van der Waals surface area (Å²) >= 11 is 0. The number of aliphatic imine (C=N–C) groups is 1. The Bertz CT molecular complexity index is 703. The summed E-state index contributed by atoms with van der Waals surface area (Å²) in [6.07, 6.45) is 6.41. The van der Waals surface area contributed by atoms with Crippen LogP contribution < -0.4 is 5.32 Å². The molecule has 1 saturated carbocycles. The lowest BCUT2D eigenvalue weighted by Crippen LogP contribution is -2.42. The molecule has 0 radical (unpaired) electrons. The van der Waals surface area contributed by atoms with E-state index in [0.717, 1.165) is 24.9 Å². The van der Waals surface area contributed by atoms with Gasteiger partial charge in [0.2, 0.25) is 0 Å². The minimum atomic E-state index is -0.233. The molecule has 4 nitrogen and oxygen atoms in total. The number of nitriles is 1. The predicted octanol–water partition coefficient (Wildman–Crippen LogP) is 2.40. The molecule has 1 aliphatic carbocycles. The SMILES string of the molecule is N#CC(CC(=O)[C@H]1N[C@@H]2CC[C@H]1C2)Cc1ccc2c(c1)CN=C2. The van der Waals surface area contributed by atoms with Gasteiger partial charge >= 0.3 is 0 Å². The van der Waals surface area contributed by atoms with Crippen molar-refractivity contribution in [1.29, 1.82) is 5.26 Å². The number of rotatable bonds is 5. The maximum absolute atomic E-state index is 12.5. The topological polar surface area (TPSA) is 65.2 Å². The van der Waals surface area contributed by atoms with Crippen LogP contribution in [0.25, 0.3) is 0 Å². The Hall–Kier alpha value is -1.99. The Morgan fingerprint density at radius 1 is 1.43 bits per heavy atom. The molecule has 2 fully saturated rings. The molecule has 23 heavy (non-hydrogen) atoms. The van der Waals surface area contributed by atoms with E-state index in [1.165, 1.54) is 17.5 Å². The van der Waals surface area contributed by atoms with Gasteiger partial charge in [0, 0.05) is 18.7 Å². The molecule has 4 rings (SSSR count). The highest BCUT2D eigenvalue weighted by Crippen LogP contribution is 2.36. The van der Waals surface area contributed by atoms with Gasteiger partial charge in [-0.3, -0.25) is 9.79 Å². The van der Waals surface area contributed by atoms with Crippen LogP contribution in [-0.2, 0) is 17.8 Å². The Kier molecular flexibility index (Phi) is 3.74. The van der Waals surface area contributed by atoms with Gasteiger partial charge in [-0.05, 0) is 48.3 Å². The zero-order valence-corrected chi connectivity index (χ0v) is 13.2. The molecule has 2 heterocycles. The lowest BCUT2D eigenvalue weighted by atomic mass is 9.88. The third-order valence-electron chi connectivity index (χ3n) is 5.52. The number of fused-ring (bicyclic) bond motifs is 3. The molecule has 1 saturated heterocycles. The number of piperidine rings is 1. The third kappa shape index (κ3) is 2.82. The van der Waals surface area contributed by atoms with Crippen LogP contribution in [0.3, 0.4) is 0 Å². The van der Waals surface area contributed by atoms with E-state index in [0.29, 0.717) is 24.8 Å². The van der Waals surface area contributed by atoms with Crippen LogP contribution in [0.15, 0.2) is 23.2 Å². The van der Waals surface area contributed by atoms with Crippen molar-refractivity contribution in [2.24, 2.45) is 16.8 Å². The van der Waals surface area contributed by atoms with Gasteiger partial charge in [0.1, 0.15) is 0 Å². The third-order valence-corrected chi connectivity index (χ3v) is 5.52. The number of carbonyl (C=O) groups is 1. The number of hydrogen-bond acceptors (Lipinski definition) is 4. The molecule has 0 amide bonds. The number of Topliss-reactive ketones (excluding diaryl/α,β-unsaturated/α-hetero) is 1. The van der Waals surface area contributed by atoms with Crippen molar-refractivity contribution in [2.45, 2.75) is 50.7 Å². The minimum absolute atomic E-state index is 0.00183. The molecule has 4 atom stereocenters. The maximum atomic E-state index is 12.5. The van der Waals surface area contributed by atoms with Gasteiger partial charge in [0.15, 0.2) is 5.78 Å². The number of hydrogen-bond donors (Lipinski definition) is 1. The van der Waals surface area contributed by atoms with E-state index in [1.54, 1.807) is 0 Å². The summed E-state index contributed by atoms with van der Waals surface area (Å²) in [5.74, 6) is 0.501. The second-order valence-corrected chi connectivity index (χ2v) is 7.12. The first-order valence-corrected chi connectivity index (χ1v) is 8.53. The standard InChI is InChI=1S/C19H21N3O/c20-9-13(5-12-1-2-15-10-21-11-16(15)6-12)7-18(23)19-14-3-4-17(8-14)22-19/h1-2,6,10,13-14,17,19,22H,3-5,7-8,11H2/t13?,14-,17+,19-/m0/s1. The summed E-state index contributed by atoms with van der Waals surface area (Å²) in [7, 11) is 0. The smallest absolute Gasteiger partial charge is 0.151 e. The predicted molar refractivity (Wildman–Crippen MR) is 88.2 cm³/mol. The van der Waals surface area contributed by atoms with Crippen LogP contribution in [0.4, 0.5) is 0 Å². The van der Waals surface area contributed by atoms with Crippen molar-refractivity contribution in [3.8, 4) is 6.07 Å². The molecule has 2 aliphatic heterocycles. The minimum Gasteiger partial charge on any atom is -0.304 e. The summed E-state index contributed by atoms with van der Waals surface area (Å²) in [4.78, 5) is 16.8. The van der Waals surface area contributed by atoms with Crippen molar-refractivity contribution in [1.82, 2.24) is 5.32 Å². The van der Waals surface area contributed by atoms with Crippen molar-refractivity contribution in [2.75, 3.05) is 0 Å². The fraction of sp³-hybridized carbons (Fsp3) is 0.526. The molecule has 1 aromatic rings. The molecular formula is C19H21N3O. The molecule has 1 unspecified atom stereocenters. The summed E-state index contributed by atoms with van der Waals surface area (Å²) in [5, 5.41) is 12.9. The summed E-state index contributed by atoms with van der Waals surface area (Å²) in [6, 6.07) is 9.12. The molecular weight excluding hydrogens is 286 g/mol. The van der Waals surface area contributed by atoms with E-state index in [1.807, 2.05) is 6.21 Å². The van der Waals surface area contributed by atoms with Crippen LogP contribution >= 0.6 is 0 Å². The maximum Gasteiger partial charge on any atom is 0.151 e. The van der Waals surface area contributed by atoms with Crippen molar-refractivity contribution < 1.29 is 4.79 Å². The van der Waals surface area contributed by atoms with Crippen LogP contribution in [-0.4, -0.2) is 24.1 Å². The zero-order valence-electron chi connectivity index (χ0n) is 13.2. The van der Waals surface area contributed by atoms with Gasteiger partial charge in [0.25, 0.3) is 0 Å². The van der Waals surface area contributed by atoms with E-state index in [4.69, 9.17) is 0 Å². The Balaban J connectivity index is 1.39. The van der Waals surface area contributed by atoms with E-state index in [2.05, 4.69) is 34.6 Å². The molecule has 2 bridgehead atoms. The van der Waals surface area contributed by atoms with Crippen LogP contribution in [0, 0.1) is 23.2 Å². The lowest BCUT2D eigenvalue weighted by Gasteiger charge is -2.22. The highest BCUT2D eigenvalue weighted by molar-refractivity contribution is 5.85. The average Bonchev–Trinajstić information content (AvgIpc) is 3.29. The van der Waals surface area contributed by atoms with Crippen molar-refractivity contribution in [3.63, 3.8) is 0 Å². The largest absolute Gasteiger partial charge is 0.304 e. The highest BCUT2D eigenvalue weighted by Gasteiger charge is 2.42. The van der Waals surface area contributed by atoms with Crippen LogP contribution in [0.2, 0.25) is 0 Å². The number of nitrogens with zero attached hydrogens (tertiary/aromatic N) is 2. The van der Waals surface area contributed by atoms with Gasteiger partial charge in [-0.15, -0.1) is 0 Å². The summed E-state index contributed by atoms with van der Waals surface area (Å²) in [6.45, 7) is 0.731. The number of nitrogens with one attached hydrogen (secondary N) is 1. The molecule has 0 spiro atoms. The van der Waals surface area contributed by atoms with Crippen LogP contribution in [0.5, 0.6) is 0 Å². The molecule has 3 aliphatic rings. The monoisotopic (exact) mass is 307 g/mol. The van der Waals surface area contributed by atoms with E-state index >= 15 is 0 Å². The average molecular weight is 307 g/mol. The number of ketones is 1. The van der Waals surface area contributed by atoms with E-state index in [-0.39, 0.29) is 17.7 Å². The van der Waals surface area contributed by atoms with E-state index < -0.39 is 0 Å². The normalized spacial score (nSPS) is 28.6. The first kappa shape index (κ1) is 14.6. The number of benzene rings is 1. The molecule has 118 valence electrons. The second kappa shape index (κ2) is 5.90. The lowest BCUT2D eigenvalue weighted by molar-refractivity contribution is -0.122. The Labute approximate surface area is 136 Å².